The fourth-order valence-corrected chi connectivity index (χ4v) is 4.10. The number of amides is 1. The third-order valence-electron chi connectivity index (χ3n) is 4.94. The minimum atomic E-state index is -0.356. The molecule has 0 aromatic heterocycles. The Bertz CT molecular complexity index is 664. The molecular weight excluding hydrogens is 360 g/mol. The minimum Gasteiger partial charge on any atom is -0.455 e. The normalized spacial score (nSPS) is 19.1. The fraction of sp³-hybridized carbons (Fsp3) is 0.571. The summed E-state index contributed by atoms with van der Waals surface area (Å²) in [7, 11) is 0. The second-order valence-corrected chi connectivity index (χ2v) is 7.98. The number of anilines is 1. The van der Waals surface area contributed by atoms with Crippen molar-refractivity contribution >= 4 is 29.3 Å². The summed E-state index contributed by atoms with van der Waals surface area (Å²) in [6.45, 7) is 1.93. The number of carbonyl (C=O) groups is 2. The van der Waals surface area contributed by atoms with Gasteiger partial charge in [-0.2, -0.15) is 5.26 Å². The Morgan fingerprint density at radius 1 is 1.26 bits per heavy atom. The molecule has 27 heavy (non-hydrogen) atoms. The molecule has 1 aliphatic carbocycles. The van der Waals surface area contributed by atoms with Gasteiger partial charge in [-0.25, -0.2) is 0 Å². The number of para-hydroxylation sites is 1. The number of carbonyl (C=O) groups excluding carboxylic acids is 2. The molecule has 1 saturated carbocycles. The molecule has 1 amide bonds. The summed E-state index contributed by atoms with van der Waals surface area (Å²) in [4.78, 5) is 25.2. The summed E-state index contributed by atoms with van der Waals surface area (Å²) in [5.74, 6) is 0.355. The van der Waals surface area contributed by atoms with Gasteiger partial charge in [0.05, 0.1) is 23.4 Å². The summed E-state index contributed by atoms with van der Waals surface area (Å²) in [6.07, 6.45) is 7.61. The maximum Gasteiger partial charge on any atom is 0.309 e. The molecule has 2 rings (SSSR count). The SMILES string of the molecule is CCCCC1CCC(C(=O)OCC(=O)Nc2ccccc2SCC#N)CC1. The van der Waals surface area contributed by atoms with Crippen molar-refractivity contribution in [2.24, 2.45) is 11.8 Å². The van der Waals surface area contributed by atoms with Crippen LogP contribution in [0.4, 0.5) is 5.69 Å². The van der Waals surface area contributed by atoms with Crippen molar-refractivity contribution in [1.82, 2.24) is 0 Å². The van der Waals surface area contributed by atoms with Crippen LogP contribution in [0.3, 0.4) is 0 Å². The van der Waals surface area contributed by atoms with Crippen molar-refractivity contribution in [2.75, 3.05) is 17.7 Å². The molecule has 0 bridgehead atoms. The number of nitrogens with zero attached hydrogens (tertiary/aromatic N) is 1. The highest BCUT2D eigenvalue weighted by Gasteiger charge is 2.27. The molecule has 1 fully saturated rings. The molecule has 0 radical (unpaired) electrons. The number of rotatable bonds is 9. The van der Waals surface area contributed by atoms with Crippen LogP contribution >= 0.6 is 11.8 Å². The van der Waals surface area contributed by atoms with Gasteiger partial charge in [0.2, 0.25) is 0 Å². The zero-order valence-corrected chi connectivity index (χ0v) is 16.7. The third kappa shape index (κ3) is 7.26. The van der Waals surface area contributed by atoms with E-state index in [1.54, 1.807) is 6.07 Å². The molecule has 0 aliphatic heterocycles. The molecule has 0 unspecified atom stereocenters. The van der Waals surface area contributed by atoms with E-state index < -0.39 is 0 Å². The number of ether oxygens (including phenoxy) is 1. The van der Waals surface area contributed by atoms with E-state index in [9.17, 15) is 9.59 Å². The van der Waals surface area contributed by atoms with Crippen LogP contribution < -0.4 is 5.32 Å². The molecule has 0 heterocycles. The Labute approximate surface area is 165 Å². The van der Waals surface area contributed by atoms with Gasteiger partial charge in [0, 0.05) is 4.90 Å². The van der Waals surface area contributed by atoms with E-state index in [0.29, 0.717) is 11.4 Å². The largest absolute Gasteiger partial charge is 0.455 e. The van der Waals surface area contributed by atoms with Gasteiger partial charge in [0.25, 0.3) is 5.91 Å². The molecule has 0 spiro atoms. The fourth-order valence-electron chi connectivity index (χ4n) is 3.43. The Morgan fingerprint density at radius 3 is 2.70 bits per heavy atom. The van der Waals surface area contributed by atoms with Gasteiger partial charge < -0.3 is 10.1 Å². The lowest BCUT2D eigenvalue weighted by atomic mass is 9.80. The Balaban J connectivity index is 1.74. The van der Waals surface area contributed by atoms with Crippen molar-refractivity contribution in [3.05, 3.63) is 24.3 Å². The molecule has 1 N–H and O–H groups in total. The molecule has 1 aromatic rings. The molecule has 1 aliphatic rings. The van der Waals surface area contributed by atoms with E-state index in [0.717, 1.165) is 36.5 Å². The molecule has 146 valence electrons. The Morgan fingerprint density at radius 2 is 2.00 bits per heavy atom. The summed E-state index contributed by atoms with van der Waals surface area (Å²) in [5.41, 5.74) is 0.634. The van der Waals surface area contributed by atoms with Crippen LogP contribution in [0, 0.1) is 23.2 Å². The number of nitrogens with one attached hydrogen (secondary N) is 1. The van der Waals surface area contributed by atoms with Crippen molar-refractivity contribution in [3.63, 3.8) is 0 Å². The Kier molecular flexibility index (Phi) is 9.20. The lowest BCUT2D eigenvalue weighted by Crippen LogP contribution is -2.27. The minimum absolute atomic E-state index is 0.0749. The number of thioether (sulfide) groups is 1. The first kappa shape index (κ1) is 21.3. The summed E-state index contributed by atoms with van der Waals surface area (Å²) in [5, 5.41) is 11.5. The van der Waals surface area contributed by atoms with Crippen molar-refractivity contribution in [3.8, 4) is 6.07 Å². The molecule has 6 heteroatoms. The molecule has 1 aromatic carbocycles. The first-order valence-electron chi connectivity index (χ1n) is 9.69. The highest BCUT2D eigenvalue weighted by atomic mass is 32.2. The monoisotopic (exact) mass is 388 g/mol. The van der Waals surface area contributed by atoms with Gasteiger partial charge in [-0.1, -0.05) is 38.3 Å². The lowest BCUT2D eigenvalue weighted by molar-refractivity contribution is -0.152. The maximum atomic E-state index is 12.2. The van der Waals surface area contributed by atoms with E-state index in [4.69, 9.17) is 10.00 Å². The molecule has 0 saturated heterocycles. The van der Waals surface area contributed by atoms with Crippen LogP contribution in [0.5, 0.6) is 0 Å². The number of benzene rings is 1. The van der Waals surface area contributed by atoms with E-state index in [2.05, 4.69) is 18.3 Å². The van der Waals surface area contributed by atoms with Crippen LogP contribution in [-0.2, 0) is 14.3 Å². The van der Waals surface area contributed by atoms with Gasteiger partial charge in [0.1, 0.15) is 0 Å². The number of hydrogen-bond acceptors (Lipinski definition) is 5. The highest BCUT2D eigenvalue weighted by molar-refractivity contribution is 7.99. The molecular formula is C21H28N2O3S. The van der Waals surface area contributed by atoms with E-state index >= 15 is 0 Å². The van der Waals surface area contributed by atoms with E-state index in [1.807, 2.05) is 18.2 Å². The van der Waals surface area contributed by atoms with Crippen LogP contribution in [0.15, 0.2) is 29.2 Å². The van der Waals surface area contributed by atoms with Gasteiger partial charge in [-0.3, -0.25) is 9.59 Å². The molecule has 0 atom stereocenters. The lowest BCUT2D eigenvalue weighted by Gasteiger charge is -2.27. The highest BCUT2D eigenvalue weighted by Crippen LogP contribution is 2.32. The second kappa shape index (κ2) is 11.7. The van der Waals surface area contributed by atoms with Crippen molar-refractivity contribution < 1.29 is 14.3 Å². The number of unbranched alkanes of at least 4 members (excludes halogenated alkanes) is 1. The number of hydrogen-bond donors (Lipinski definition) is 1. The van der Waals surface area contributed by atoms with Crippen LogP contribution in [0.2, 0.25) is 0 Å². The van der Waals surface area contributed by atoms with E-state index in [1.165, 1.54) is 31.0 Å². The van der Waals surface area contributed by atoms with Crippen LogP contribution in [0.1, 0.15) is 51.9 Å². The van der Waals surface area contributed by atoms with Crippen molar-refractivity contribution in [2.45, 2.75) is 56.8 Å². The van der Waals surface area contributed by atoms with Gasteiger partial charge >= 0.3 is 5.97 Å². The van der Waals surface area contributed by atoms with E-state index in [-0.39, 0.29) is 24.4 Å². The van der Waals surface area contributed by atoms with Crippen LogP contribution in [0.25, 0.3) is 0 Å². The zero-order valence-electron chi connectivity index (χ0n) is 15.9. The summed E-state index contributed by atoms with van der Waals surface area (Å²) < 4.78 is 5.24. The first-order chi connectivity index (χ1) is 13.1. The topological polar surface area (TPSA) is 79.2 Å². The zero-order chi connectivity index (χ0) is 19.5. The predicted octanol–water partition coefficient (Wildman–Crippen LogP) is 4.78. The average molecular weight is 389 g/mol. The summed E-state index contributed by atoms with van der Waals surface area (Å²) >= 11 is 1.36. The van der Waals surface area contributed by atoms with Crippen molar-refractivity contribution in [1.29, 1.82) is 5.26 Å². The molecule has 5 nitrogen and oxygen atoms in total. The van der Waals surface area contributed by atoms with Gasteiger partial charge in [-0.15, -0.1) is 11.8 Å². The van der Waals surface area contributed by atoms with Gasteiger partial charge in [-0.05, 0) is 43.7 Å². The standard InChI is InChI=1S/C21H28N2O3S/c1-2-3-6-16-9-11-17(12-10-16)21(25)26-15-20(24)23-18-7-4-5-8-19(18)27-14-13-22/h4-5,7-8,16-17H,2-3,6,9-12,14-15H2,1H3,(H,23,24). The maximum absolute atomic E-state index is 12.2. The first-order valence-corrected chi connectivity index (χ1v) is 10.7. The third-order valence-corrected chi connectivity index (χ3v) is 5.89. The summed E-state index contributed by atoms with van der Waals surface area (Å²) in [6, 6.07) is 9.36. The number of esters is 1. The van der Waals surface area contributed by atoms with Gasteiger partial charge in [0.15, 0.2) is 6.61 Å². The Hall–Kier alpha value is -2.00. The quantitative estimate of drug-likeness (QED) is 0.486. The smallest absolute Gasteiger partial charge is 0.309 e. The second-order valence-electron chi connectivity index (χ2n) is 6.96. The van der Waals surface area contributed by atoms with Crippen LogP contribution in [-0.4, -0.2) is 24.2 Å². The average Bonchev–Trinajstić information content (AvgIpc) is 2.70. The predicted molar refractivity (Wildman–Crippen MR) is 107 cm³/mol. The number of nitriles is 1.